The zero-order valence-corrected chi connectivity index (χ0v) is 8.28. The zero-order valence-electron chi connectivity index (χ0n) is 8.28. The average molecular weight is 191 g/mol. The summed E-state index contributed by atoms with van der Waals surface area (Å²) in [7, 11) is 1.81. The minimum Gasteiger partial charge on any atom is -0.508 e. The Kier molecular flexibility index (Phi) is 1.88. The molecule has 1 heterocycles. The van der Waals surface area contributed by atoms with Crippen molar-refractivity contribution in [2.24, 2.45) is 7.05 Å². The van der Waals surface area contributed by atoms with E-state index in [9.17, 15) is 10.2 Å². The molecule has 0 fully saturated rings. The predicted octanol–water partition coefficient (Wildman–Crippen LogP) is 2.15. The summed E-state index contributed by atoms with van der Waals surface area (Å²) in [5.74, 6) is 0.519. The van der Waals surface area contributed by atoms with Crippen LogP contribution in [-0.2, 0) is 13.5 Å². The first kappa shape index (κ1) is 8.94. The van der Waals surface area contributed by atoms with E-state index in [1.54, 1.807) is 16.7 Å². The molecule has 0 unspecified atom stereocenters. The van der Waals surface area contributed by atoms with Crippen molar-refractivity contribution in [3.05, 3.63) is 23.8 Å². The first-order valence-corrected chi connectivity index (χ1v) is 4.64. The van der Waals surface area contributed by atoms with Crippen LogP contribution in [-0.4, -0.2) is 14.8 Å². The summed E-state index contributed by atoms with van der Waals surface area (Å²) in [5.41, 5.74) is 1.83. The van der Waals surface area contributed by atoms with Crippen LogP contribution >= 0.6 is 0 Å². The monoisotopic (exact) mass is 191 g/mol. The minimum absolute atomic E-state index is 0.234. The standard InChI is InChI=1S/C11H13NO2/c1-3-8-9-6-7(13)4-5-10(9)12(2)11(8)14/h4-6,13-14H,3H2,1-2H3. The van der Waals surface area contributed by atoms with E-state index in [2.05, 4.69) is 0 Å². The molecule has 0 aliphatic rings. The zero-order chi connectivity index (χ0) is 10.3. The van der Waals surface area contributed by atoms with E-state index in [0.717, 1.165) is 22.9 Å². The van der Waals surface area contributed by atoms with Crippen LogP contribution in [0, 0.1) is 0 Å². The van der Waals surface area contributed by atoms with Crippen molar-refractivity contribution in [1.82, 2.24) is 4.57 Å². The molecule has 3 heteroatoms. The molecule has 0 amide bonds. The van der Waals surface area contributed by atoms with Crippen molar-refractivity contribution in [3.63, 3.8) is 0 Å². The fourth-order valence-electron chi connectivity index (χ4n) is 1.84. The molecule has 0 radical (unpaired) electrons. The fraction of sp³-hybridized carbons (Fsp3) is 0.273. The van der Waals surface area contributed by atoms with Gasteiger partial charge in [0.2, 0.25) is 0 Å². The second kappa shape index (κ2) is 2.94. The molecule has 0 aliphatic carbocycles. The molecular formula is C11H13NO2. The van der Waals surface area contributed by atoms with Crippen molar-refractivity contribution in [2.45, 2.75) is 13.3 Å². The van der Waals surface area contributed by atoms with Crippen molar-refractivity contribution >= 4 is 10.9 Å². The van der Waals surface area contributed by atoms with Gasteiger partial charge in [0.15, 0.2) is 5.88 Å². The van der Waals surface area contributed by atoms with Gasteiger partial charge in [0.25, 0.3) is 0 Å². The smallest absolute Gasteiger partial charge is 0.195 e. The van der Waals surface area contributed by atoms with Crippen molar-refractivity contribution in [1.29, 1.82) is 0 Å². The van der Waals surface area contributed by atoms with Crippen LogP contribution < -0.4 is 0 Å². The van der Waals surface area contributed by atoms with Crippen LogP contribution in [0.4, 0.5) is 0 Å². The maximum absolute atomic E-state index is 9.79. The van der Waals surface area contributed by atoms with Gasteiger partial charge >= 0.3 is 0 Å². The predicted molar refractivity (Wildman–Crippen MR) is 55.6 cm³/mol. The summed E-state index contributed by atoms with van der Waals surface area (Å²) in [6.45, 7) is 1.98. The van der Waals surface area contributed by atoms with Crippen molar-refractivity contribution in [3.8, 4) is 11.6 Å². The van der Waals surface area contributed by atoms with Crippen LogP contribution in [0.1, 0.15) is 12.5 Å². The fourth-order valence-corrected chi connectivity index (χ4v) is 1.84. The molecule has 2 N–H and O–H groups in total. The number of aromatic hydroxyl groups is 2. The highest BCUT2D eigenvalue weighted by molar-refractivity contribution is 5.87. The maximum Gasteiger partial charge on any atom is 0.195 e. The number of phenols is 1. The third-order valence-electron chi connectivity index (χ3n) is 2.61. The van der Waals surface area contributed by atoms with Gasteiger partial charge < -0.3 is 14.8 Å². The van der Waals surface area contributed by atoms with Crippen LogP contribution in [0.5, 0.6) is 11.6 Å². The number of phenolic OH excluding ortho intramolecular Hbond substituents is 1. The molecule has 74 valence electrons. The number of aromatic nitrogens is 1. The molecule has 0 saturated heterocycles. The van der Waals surface area contributed by atoms with Gasteiger partial charge in [0.1, 0.15) is 5.75 Å². The third kappa shape index (κ3) is 1.05. The minimum atomic E-state index is 0.234. The Hall–Kier alpha value is -1.64. The average Bonchev–Trinajstić information content (AvgIpc) is 2.39. The van der Waals surface area contributed by atoms with Gasteiger partial charge in [-0.3, -0.25) is 0 Å². The summed E-state index contributed by atoms with van der Waals surface area (Å²) < 4.78 is 1.73. The quantitative estimate of drug-likeness (QED) is 0.725. The Balaban J connectivity index is 2.89. The number of hydrogen-bond acceptors (Lipinski definition) is 2. The van der Waals surface area contributed by atoms with E-state index < -0.39 is 0 Å². The summed E-state index contributed by atoms with van der Waals surface area (Å²) >= 11 is 0. The molecule has 0 spiro atoms. The van der Waals surface area contributed by atoms with Crippen LogP contribution in [0.25, 0.3) is 10.9 Å². The van der Waals surface area contributed by atoms with E-state index in [0.29, 0.717) is 0 Å². The molecule has 0 aliphatic heterocycles. The third-order valence-corrected chi connectivity index (χ3v) is 2.61. The van der Waals surface area contributed by atoms with Gasteiger partial charge in [-0.2, -0.15) is 0 Å². The molecule has 1 aromatic carbocycles. The first-order chi connectivity index (χ1) is 6.65. The van der Waals surface area contributed by atoms with Crippen LogP contribution in [0.15, 0.2) is 18.2 Å². The van der Waals surface area contributed by atoms with Crippen molar-refractivity contribution < 1.29 is 10.2 Å². The molecular weight excluding hydrogens is 178 g/mol. The Morgan fingerprint density at radius 1 is 1.29 bits per heavy atom. The lowest BCUT2D eigenvalue weighted by Crippen LogP contribution is -1.85. The van der Waals surface area contributed by atoms with Gasteiger partial charge in [-0.1, -0.05) is 6.92 Å². The summed E-state index contributed by atoms with van der Waals surface area (Å²) in [6, 6.07) is 5.12. The molecule has 14 heavy (non-hydrogen) atoms. The van der Waals surface area contributed by atoms with Gasteiger partial charge in [0.05, 0.1) is 5.52 Å². The number of aryl methyl sites for hydroxylation is 2. The largest absolute Gasteiger partial charge is 0.508 e. The Labute approximate surface area is 82.2 Å². The lowest BCUT2D eigenvalue weighted by atomic mass is 10.1. The number of rotatable bonds is 1. The molecule has 0 atom stereocenters. The molecule has 0 saturated carbocycles. The lowest BCUT2D eigenvalue weighted by molar-refractivity contribution is 0.429. The lowest BCUT2D eigenvalue weighted by Gasteiger charge is -1.96. The van der Waals surface area contributed by atoms with E-state index in [1.165, 1.54) is 0 Å². The van der Waals surface area contributed by atoms with Crippen LogP contribution in [0.2, 0.25) is 0 Å². The summed E-state index contributed by atoms with van der Waals surface area (Å²) in [6.07, 6.45) is 0.757. The van der Waals surface area contributed by atoms with E-state index in [-0.39, 0.29) is 11.6 Å². The maximum atomic E-state index is 9.79. The number of fused-ring (bicyclic) bond motifs is 1. The molecule has 0 bridgehead atoms. The second-order valence-corrected chi connectivity index (χ2v) is 3.42. The van der Waals surface area contributed by atoms with Gasteiger partial charge in [0, 0.05) is 18.0 Å². The highest BCUT2D eigenvalue weighted by Gasteiger charge is 2.12. The Morgan fingerprint density at radius 3 is 2.64 bits per heavy atom. The van der Waals surface area contributed by atoms with Gasteiger partial charge in [-0.25, -0.2) is 0 Å². The number of hydrogen-bond donors (Lipinski definition) is 2. The summed E-state index contributed by atoms with van der Waals surface area (Å²) in [5, 5.41) is 20.1. The van der Waals surface area contributed by atoms with E-state index in [1.807, 2.05) is 20.0 Å². The second-order valence-electron chi connectivity index (χ2n) is 3.42. The topological polar surface area (TPSA) is 45.4 Å². The molecule has 2 aromatic rings. The highest BCUT2D eigenvalue weighted by Crippen LogP contribution is 2.32. The SMILES string of the molecule is CCc1c(O)n(C)c2ccc(O)cc12. The van der Waals surface area contributed by atoms with Gasteiger partial charge in [-0.15, -0.1) is 0 Å². The number of nitrogens with zero attached hydrogens (tertiary/aromatic N) is 1. The molecule has 1 aromatic heterocycles. The highest BCUT2D eigenvalue weighted by atomic mass is 16.3. The Bertz CT molecular complexity index is 485. The Morgan fingerprint density at radius 2 is 2.00 bits per heavy atom. The normalized spacial score (nSPS) is 11.0. The van der Waals surface area contributed by atoms with Gasteiger partial charge in [-0.05, 0) is 24.6 Å². The van der Waals surface area contributed by atoms with E-state index in [4.69, 9.17) is 0 Å². The first-order valence-electron chi connectivity index (χ1n) is 4.64. The molecule has 3 nitrogen and oxygen atoms in total. The number of benzene rings is 1. The van der Waals surface area contributed by atoms with E-state index >= 15 is 0 Å². The molecule has 2 rings (SSSR count). The van der Waals surface area contributed by atoms with Crippen LogP contribution in [0.3, 0.4) is 0 Å². The summed E-state index contributed by atoms with van der Waals surface area (Å²) in [4.78, 5) is 0. The van der Waals surface area contributed by atoms with Crippen molar-refractivity contribution in [2.75, 3.05) is 0 Å².